The summed E-state index contributed by atoms with van der Waals surface area (Å²) in [6.45, 7) is 11.4. The lowest BCUT2D eigenvalue weighted by Crippen LogP contribution is -2.50. The molecular formula is C37H43N3O7. The number of carbonyl (C=O) groups is 3. The van der Waals surface area contributed by atoms with Gasteiger partial charge in [-0.3, -0.25) is 9.47 Å². The highest BCUT2D eigenvalue weighted by Gasteiger charge is 2.33. The topological polar surface area (TPSA) is 99.5 Å². The predicted octanol–water partition coefficient (Wildman–Crippen LogP) is 7.03. The number of nitrogens with zero attached hydrogens (tertiary/aromatic N) is 3. The average molecular weight is 642 g/mol. The standard InChI is InChI=1S/C37H43N3O7/c1-24-19-27(13-14-28(24)34(41)45-7)31-22-39(35(42)46-23-26-11-9-8-10-12-26)18-17-38(31)21-30-29-15-16-40(36(43)47-37(3,4)5)33(29)25(2)20-32(30)44-6/h8-16,19-20,31H,17-18,21-23H2,1-7H3. The van der Waals surface area contributed by atoms with Crippen molar-refractivity contribution >= 4 is 29.1 Å². The van der Waals surface area contributed by atoms with Crippen LogP contribution in [0.3, 0.4) is 0 Å². The van der Waals surface area contributed by atoms with Crippen LogP contribution >= 0.6 is 0 Å². The van der Waals surface area contributed by atoms with Gasteiger partial charge in [-0.15, -0.1) is 0 Å². The van der Waals surface area contributed by atoms with Crippen molar-refractivity contribution in [3.8, 4) is 5.75 Å². The van der Waals surface area contributed by atoms with E-state index in [1.54, 1.807) is 28.8 Å². The zero-order valence-corrected chi connectivity index (χ0v) is 28.2. The summed E-state index contributed by atoms with van der Waals surface area (Å²) >= 11 is 0. The maximum absolute atomic E-state index is 13.3. The number of benzene rings is 3. The van der Waals surface area contributed by atoms with Gasteiger partial charge in [0.15, 0.2) is 0 Å². The van der Waals surface area contributed by atoms with Crippen molar-refractivity contribution in [2.75, 3.05) is 33.9 Å². The molecule has 1 atom stereocenters. The molecule has 5 rings (SSSR count). The predicted molar refractivity (Wildman–Crippen MR) is 179 cm³/mol. The van der Waals surface area contributed by atoms with Crippen molar-refractivity contribution in [2.24, 2.45) is 0 Å². The summed E-state index contributed by atoms with van der Waals surface area (Å²) in [4.78, 5) is 42.9. The van der Waals surface area contributed by atoms with E-state index in [0.717, 1.165) is 38.7 Å². The number of esters is 1. The Morgan fingerprint density at radius 3 is 2.30 bits per heavy atom. The van der Waals surface area contributed by atoms with Gasteiger partial charge in [-0.1, -0.05) is 42.5 Å². The summed E-state index contributed by atoms with van der Waals surface area (Å²) in [5, 5.41) is 0.883. The summed E-state index contributed by atoms with van der Waals surface area (Å²) in [6.07, 6.45) is 0.904. The van der Waals surface area contributed by atoms with E-state index in [9.17, 15) is 14.4 Å². The minimum absolute atomic E-state index is 0.185. The van der Waals surface area contributed by atoms with Gasteiger partial charge in [0.2, 0.25) is 0 Å². The summed E-state index contributed by atoms with van der Waals surface area (Å²) in [5.41, 5.74) is 5.05. The first-order chi connectivity index (χ1) is 22.4. The van der Waals surface area contributed by atoms with Gasteiger partial charge in [0, 0.05) is 43.3 Å². The van der Waals surface area contributed by atoms with Crippen molar-refractivity contribution in [1.29, 1.82) is 0 Å². The van der Waals surface area contributed by atoms with Gasteiger partial charge in [-0.05, 0) is 75.1 Å². The molecule has 2 heterocycles. The molecule has 1 amide bonds. The molecule has 47 heavy (non-hydrogen) atoms. The van der Waals surface area contributed by atoms with Crippen LogP contribution in [0.4, 0.5) is 9.59 Å². The summed E-state index contributed by atoms with van der Waals surface area (Å²) in [5.74, 6) is 0.305. The molecule has 0 N–H and O–H groups in total. The zero-order chi connectivity index (χ0) is 33.9. The molecule has 0 spiro atoms. The minimum Gasteiger partial charge on any atom is -0.496 e. The van der Waals surface area contributed by atoms with Crippen molar-refractivity contribution < 1.29 is 33.3 Å². The van der Waals surface area contributed by atoms with Crippen LogP contribution in [0.2, 0.25) is 0 Å². The highest BCUT2D eigenvalue weighted by atomic mass is 16.6. The number of methoxy groups -OCH3 is 2. The van der Waals surface area contributed by atoms with Crippen molar-refractivity contribution in [3.05, 3.63) is 100 Å². The number of rotatable bonds is 7. The van der Waals surface area contributed by atoms with E-state index >= 15 is 0 Å². The number of aryl methyl sites for hydroxylation is 2. The van der Waals surface area contributed by atoms with Crippen molar-refractivity contribution in [2.45, 2.75) is 59.4 Å². The van der Waals surface area contributed by atoms with E-state index in [2.05, 4.69) is 4.90 Å². The van der Waals surface area contributed by atoms with Crippen LogP contribution in [0.15, 0.2) is 66.9 Å². The number of aromatic nitrogens is 1. The fourth-order valence-corrected chi connectivity index (χ4v) is 6.11. The van der Waals surface area contributed by atoms with E-state index in [1.165, 1.54) is 7.11 Å². The van der Waals surface area contributed by atoms with Gasteiger partial charge >= 0.3 is 18.2 Å². The normalized spacial score (nSPS) is 15.4. The van der Waals surface area contributed by atoms with Crippen LogP contribution in [-0.4, -0.2) is 72.0 Å². The number of piperazine rings is 1. The third-order valence-electron chi connectivity index (χ3n) is 8.40. The quantitative estimate of drug-likeness (QED) is 0.157. The van der Waals surface area contributed by atoms with Crippen LogP contribution in [0, 0.1) is 13.8 Å². The monoisotopic (exact) mass is 641 g/mol. The smallest absolute Gasteiger partial charge is 0.419 e. The Kier molecular flexibility index (Phi) is 9.91. The van der Waals surface area contributed by atoms with Crippen LogP contribution in [0.25, 0.3) is 10.9 Å². The average Bonchev–Trinajstić information content (AvgIpc) is 3.50. The molecule has 1 saturated heterocycles. The Bertz CT molecular complexity index is 1770. The first-order valence-electron chi connectivity index (χ1n) is 15.7. The van der Waals surface area contributed by atoms with E-state index in [-0.39, 0.29) is 18.7 Å². The molecule has 0 bridgehead atoms. The van der Waals surface area contributed by atoms with Crippen molar-refractivity contribution in [3.63, 3.8) is 0 Å². The Balaban J connectivity index is 1.49. The van der Waals surface area contributed by atoms with Gasteiger partial charge in [0.25, 0.3) is 0 Å². The third-order valence-corrected chi connectivity index (χ3v) is 8.40. The van der Waals surface area contributed by atoms with Gasteiger partial charge < -0.3 is 23.8 Å². The zero-order valence-electron chi connectivity index (χ0n) is 28.2. The Morgan fingerprint density at radius 2 is 1.64 bits per heavy atom. The van der Waals surface area contributed by atoms with Crippen LogP contribution in [0.5, 0.6) is 5.75 Å². The molecule has 0 saturated carbocycles. The van der Waals surface area contributed by atoms with Crippen molar-refractivity contribution in [1.82, 2.24) is 14.4 Å². The molecule has 0 aliphatic carbocycles. The number of amides is 1. The van der Waals surface area contributed by atoms with E-state index < -0.39 is 17.7 Å². The Morgan fingerprint density at radius 1 is 0.894 bits per heavy atom. The molecular weight excluding hydrogens is 598 g/mol. The van der Waals surface area contributed by atoms with E-state index in [0.29, 0.717) is 37.5 Å². The third kappa shape index (κ3) is 7.44. The lowest BCUT2D eigenvalue weighted by molar-refractivity contribution is 0.0433. The van der Waals surface area contributed by atoms with Crippen LogP contribution in [0.1, 0.15) is 65.0 Å². The van der Waals surface area contributed by atoms with Gasteiger partial charge in [-0.25, -0.2) is 14.4 Å². The number of ether oxygens (including phenoxy) is 4. The molecule has 248 valence electrons. The Hall–Kier alpha value is -4.83. The number of fused-ring (bicyclic) bond motifs is 1. The second-order valence-corrected chi connectivity index (χ2v) is 12.8. The maximum atomic E-state index is 13.3. The van der Waals surface area contributed by atoms with Gasteiger partial charge in [0.05, 0.1) is 31.3 Å². The molecule has 3 aromatic carbocycles. The summed E-state index contributed by atoms with van der Waals surface area (Å²) in [7, 11) is 3.01. The van der Waals surface area contributed by atoms with E-state index in [4.69, 9.17) is 18.9 Å². The highest BCUT2D eigenvalue weighted by Crippen LogP contribution is 2.37. The van der Waals surface area contributed by atoms with Crippen LogP contribution in [-0.2, 0) is 27.4 Å². The first kappa shape index (κ1) is 33.5. The van der Waals surface area contributed by atoms with Gasteiger partial charge in [0.1, 0.15) is 18.0 Å². The molecule has 0 radical (unpaired) electrons. The minimum atomic E-state index is -0.645. The lowest BCUT2D eigenvalue weighted by Gasteiger charge is -2.41. The second-order valence-electron chi connectivity index (χ2n) is 12.8. The Labute approximate surface area is 275 Å². The number of carbonyl (C=O) groups excluding carboxylic acids is 3. The number of hydrogen-bond donors (Lipinski definition) is 0. The lowest BCUT2D eigenvalue weighted by atomic mass is 9.96. The number of hydrogen-bond acceptors (Lipinski definition) is 8. The SMILES string of the molecule is COC(=O)c1ccc(C2CN(C(=O)OCc3ccccc3)CCN2Cc2c(OC)cc(C)c3c2ccn3C(=O)OC(C)(C)C)cc1C. The molecule has 10 heteroatoms. The fourth-order valence-electron chi connectivity index (χ4n) is 6.11. The molecule has 4 aromatic rings. The second kappa shape index (κ2) is 13.9. The van der Waals surface area contributed by atoms with Crippen LogP contribution < -0.4 is 4.74 Å². The molecule has 10 nitrogen and oxygen atoms in total. The molecule has 1 aliphatic rings. The fraction of sp³-hybridized carbons (Fsp3) is 0.378. The molecule has 1 aromatic heterocycles. The largest absolute Gasteiger partial charge is 0.496 e. The molecule has 1 fully saturated rings. The summed E-state index contributed by atoms with van der Waals surface area (Å²) < 4.78 is 23.8. The summed E-state index contributed by atoms with van der Waals surface area (Å²) in [6, 6.07) is 18.9. The molecule has 1 unspecified atom stereocenters. The first-order valence-corrected chi connectivity index (χ1v) is 15.7. The van der Waals surface area contributed by atoms with E-state index in [1.807, 2.05) is 89.2 Å². The maximum Gasteiger partial charge on any atom is 0.419 e. The molecule has 1 aliphatic heterocycles. The highest BCUT2D eigenvalue weighted by molar-refractivity contribution is 5.95. The van der Waals surface area contributed by atoms with Gasteiger partial charge in [-0.2, -0.15) is 0 Å².